The molecule has 2 amide bonds. The van der Waals surface area contributed by atoms with E-state index in [2.05, 4.69) is 15.8 Å². The zero-order chi connectivity index (χ0) is 11.4. The van der Waals surface area contributed by atoms with Crippen LogP contribution in [-0.2, 0) is 0 Å². The standard InChI is InChI=1S/C11H17N3O2/c1-8-6-10(14-16-8)13-11(15)12-7-9-4-2-3-5-9/h6,9H,2-5,7H2,1H3,(H2,12,13,14,15). The van der Waals surface area contributed by atoms with Crippen molar-refractivity contribution in [3.63, 3.8) is 0 Å². The van der Waals surface area contributed by atoms with E-state index < -0.39 is 0 Å². The second-order valence-corrected chi connectivity index (χ2v) is 4.31. The van der Waals surface area contributed by atoms with Gasteiger partial charge in [0, 0.05) is 12.6 Å². The lowest BCUT2D eigenvalue weighted by atomic mass is 10.1. The average Bonchev–Trinajstić information content (AvgIpc) is 2.87. The molecule has 0 atom stereocenters. The van der Waals surface area contributed by atoms with Gasteiger partial charge >= 0.3 is 6.03 Å². The Kier molecular flexibility index (Phi) is 3.44. The normalized spacial score (nSPS) is 16.3. The number of rotatable bonds is 3. The molecule has 0 aliphatic heterocycles. The Hall–Kier alpha value is -1.52. The second kappa shape index (κ2) is 5.01. The molecule has 1 aliphatic carbocycles. The molecular formula is C11H17N3O2. The van der Waals surface area contributed by atoms with E-state index in [0.717, 1.165) is 6.54 Å². The largest absolute Gasteiger partial charge is 0.360 e. The third kappa shape index (κ3) is 2.98. The summed E-state index contributed by atoms with van der Waals surface area (Å²) in [7, 11) is 0. The van der Waals surface area contributed by atoms with Crippen molar-refractivity contribution in [3.8, 4) is 0 Å². The molecule has 0 aromatic carbocycles. The molecule has 2 rings (SSSR count). The molecule has 16 heavy (non-hydrogen) atoms. The minimum Gasteiger partial charge on any atom is -0.360 e. The Morgan fingerprint density at radius 1 is 1.56 bits per heavy atom. The van der Waals surface area contributed by atoms with E-state index in [4.69, 9.17) is 4.52 Å². The van der Waals surface area contributed by atoms with Gasteiger partial charge in [-0.1, -0.05) is 18.0 Å². The topological polar surface area (TPSA) is 67.2 Å². The maximum absolute atomic E-state index is 11.5. The lowest BCUT2D eigenvalue weighted by Crippen LogP contribution is -2.32. The van der Waals surface area contributed by atoms with E-state index in [0.29, 0.717) is 17.5 Å². The van der Waals surface area contributed by atoms with Crippen LogP contribution in [0.4, 0.5) is 10.6 Å². The fourth-order valence-corrected chi connectivity index (χ4v) is 2.04. The molecular weight excluding hydrogens is 206 g/mol. The van der Waals surface area contributed by atoms with E-state index in [-0.39, 0.29) is 6.03 Å². The summed E-state index contributed by atoms with van der Waals surface area (Å²) < 4.78 is 4.85. The summed E-state index contributed by atoms with van der Waals surface area (Å²) in [4.78, 5) is 11.5. The number of aromatic nitrogens is 1. The summed E-state index contributed by atoms with van der Waals surface area (Å²) in [5.74, 6) is 1.79. The summed E-state index contributed by atoms with van der Waals surface area (Å²) >= 11 is 0. The minimum atomic E-state index is -0.208. The van der Waals surface area contributed by atoms with E-state index in [1.54, 1.807) is 13.0 Å². The number of carbonyl (C=O) groups excluding carboxylic acids is 1. The predicted octanol–water partition coefficient (Wildman–Crippen LogP) is 2.29. The Morgan fingerprint density at radius 3 is 2.94 bits per heavy atom. The van der Waals surface area contributed by atoms with E-state index in [1.807, 2.05) is 0 Å². The van der Waals surface area contributed by atoms with Crippen molar-refractivity contribution >= 4 is 11.8 Å². The van der Waals surface area contributed by atoms with Gasteiger partial charge < -0.3 is 9.84 Å². The quantitative estimate of drug-likeness (QED) is 0.826. The average molecular weight is 223 g/mol. The molecule has 5 heteroatoms. The number of aryl methyl sites for hydroxylation is 1. The van der Waals surface area contributed by atoms with Gasteiger partial charge in [0.25, 0.3) is 0 Å². The van der Waals surface area contributed by atoms with Crippen molar-refractivity contribution in [1.29, 1.82) is 0 Å². The highest BCUT2D eigenvalue weighted by atomic mass is 16.5. The van der Waals surface area contributed by atoms with Crippen LogP contribution in [0, 0.1) is 12.8 Å². The van der Waals surface area contributed by atoms with Gasteiger partial charge in [-0.3, -0.25) is 5.32 Å². The summed E-state index contributed by atoms with van der Waals surface area (Å²) in [5.41, 5.74) is 0. The molecule has 1 fully saturated rings. The Bertz CT molecular complexity index is 356. The summed E-state index contributed by atoms with van der Waals surface area (Å²) in [6.45, 7) is 2.54. The Labute approximate surface area is 94.6 Å². The Morgan fingerprint density at radius 2 is 2.31 bits per heavy atom. The summed E-state index contributed by atoms with van der Waals surface area (Å²) in [6.07, 6.45) is 5.03. The third-order valence-corrected chi connectivity index (χ3v) is 2.90. The molecule has 1 aliphatic rings. The number of urea groups is 1. The SMILES string of the molecule is Cc1cc(NC(=O)NCC2CCCC2)no1. The van der Waals surface area contributed by atoms with Gasteiger partial charge in [0.15, 0.2) is 5.82 Å². The molecule has 1 heterocycles. The highest BCUT2D eigenvalue weighted by molar-refractivity contribution is 5.88. The number of nitrogens with one attached hydrogen (secondary N) is 2. The summed E-state index contributed by atoms with van der Waals surface area (Å²) in [6, 6.07) is 1.48. The summed E-state index contributed by atoms with van der Waals surface area (Å²) in [5, 5.41) is 9.17. The van der Waals surface area contributed by atoms with Crippen LogP contribution < -0.4 is 10.6 Å². The van der Waals surface area contributed by atoms with Crippen molar-refractivity contribution < 1.29 is 9.32 Å². The first-order valence-electron chi connectivity index (χ1n) is 5.72. The first-order chi connectivity index (χ1) is 7.74. The highest BCUT2D eigenvalue weighted by Crippen LogP contribution is 2.23. The van der Waals surface area contributed by atoms with Crippen LogP contribution in [0.25, 0.3) is 0 Å². The number of carbonyl (C=O) groups is 1. The van der Waals surface area contributed by atoms with E-state index in [1.165, 1.54) is 25.7 Å². The third-order valence-electron chi connectivity index (χ3n) is 2.90. The molecule has 0 bridgehead atoms. The van der Waals surface area contributed by atoms with E-state index in [9.17, 15) is 4.79 Å². The molecule has 1 saturated carbocycles. The fraction of sp³-hybridized carbons (Fsp3) is 0.636. The molecule has 5 nitrogen and oxygen atoms in total. The van der Waals surface area contributed by atoms with Gasteiger partial charge in [-0.2, -0.15) is 0 Å². The first kappa shape index (κ1) is 11.0. The molecule has 0 spiro atoms. The maximum atomic E-state index is 11.5. The van der Waals surface area contributed by atoms with Crippen molar-refractivity contribution in [2.24, 2.45) is 5.92 Å². The number of hydrogen-bond donors (Lipinski definition) is 2. The van der Waals surface area contributed by atoms with Crippen molar-refractivity contribution in [1.82, 2.24) is 10.5 Å². The highest BCUT2D eigenvalue weighted by Gasteiger charge is 2.15. The van der Waals surface area contributed by atoms with E-state index >= 15 is 0 Å². The molecule has 1 aromatic heterocycles. The second-order valence-electron chi connectivity index (χ2n) is 4.31. The minimum absolute atomic E-state index is 0.208. The molecule has 0 unspecified atom stereocenters. The van der Waals surface area contributed by atoms with Gasteiger partial charge in [-0.25, -0.2) is 4.79 Å². The van der Waals surface area contributed by atoms with Crippen LogP contribution in [0.3, 0.4) is 0 Å². The first-order valence-corrected chi connectivity index (χ1v) is 5.72. The van der Waals surface area contributed by atoms with Crippen LogP contribution in [-0.4, -0.2) is 17.7 Å². The number of hydrogen-bond acceptors (Lipinski definition) is 3. The van der Waals surface area contributed by atoms with Crippen LogP contribution in [0.15, 0.2) is 10.6 Å². The van der Waals surface area contributed by atoms with Crippen molar-refractivity contribution in [2.45, 2.75) is 32.6 Å². The van der Waals surface area contributed by atoms with Crippen molar-refractivity contribution in [3.05, 3.63) is 11.8 Å². The van der Waals surface area contributed by atoms with Gasteiger partial charge in [0.2, 0.25) is 0 Å². The lowest BCUT2D eigenvalue weighted by molar-refractivity contribution is 0.250. The van der Waals surface area contributed by atoms with Gasteiger partial charge in [-0.05, 0) is 25.7 Å². The molecule has 1 aromatic rings. The van der Waals surface area contributed by atoms with Crippen molar-refractivity contribution in [2.75, 3.05) is 11.9 Å². The molecule has 0 saturated heterocycles. The molecule has 88 valence electrons. The number of nitrogens with zero attached hydrogens (tertiary/aromatic N) is 1. The predicted molar refractivity (Wildman–Crippen MR) is 60.2 cm³/mol. The lowest BCUT2D eigenvalue weighted by Gasteiger charge is -2.10. The molecule has 0 radical (unpaired) electrons. The van der Waals surface area contributed by atoms with Gasteiger partial charge in [0.05, 0.1) is 0 Å². The zero-order valence-electron chi connectivity index (χ0n) is 9.45. The molecule has 2 N–H and O–H groups in total. The maximum Gasteiger partial charge on any atom is 0.320 e. The Balaban J connectivity index is 1.71. The van der Waals surface area contributed by atoms with Crippen LogP contribution in [0.5, 0.6) is 0 Å². The number of amides is 2. The van der Waals surface area contributed by atoms with Gasteiger partial charge in [0.1, 0.15) is 5.76 Å². The number of anilines is 1. The smallest absolute Gasteiger partial charge is 0.320 e. The van der Waals surface area contributed by atoms with Crippen LogP contribution in [0.2, 0.25) is 0 Å². The van der Waals surface area contributed by atoms with Crippen LogP contribution >= 0.6 is 0 Å². The fourth-order valence-electron chi connectivity index (χ4n) is 2.04. The van der Waals surface area contributed by atoms with Gasteiger partial charge in [-0.15, -0.1) is 0 Å². The van der Waals surface area contributed by atoms with Crippen LogP contribution in [0.1, 0.15) is 31.4 Å². The monoisotopic (exact) mass is 223 g/mol. The zero-order valence-corrected chi connectivity index (χ0v) is 9.45.